The molecule has 1 rings (SSSR count). The Morgan fingerprint density at radius 2 is 2.11 bits per heavy atom. The Morgan fingerprint density at radius 3 is 2.53 bits per heavy atom. The fourth-order valence-electron chi connectivity index (χ4n) is 1.45. The first-order valence-corrected chi connectivity index (χ1v) is 5.53. The largest absolute Gasteiger partial charge is 0.480 e. The fraction of sp³-hybridized carbons (Fsp3) is 0.308. The highest BCUT2D eigenvalue weighted by Crippen LogP contribution is 2.11. The molecule has 0 spiro atoms. The summed E-state index contributed by atoms with van der Waals surface area (Å²) in [6.07, 6.45) is 6.59. The molecular formula is C13H15N3O3. The average molecular weight is 261 g/mol. The third kappa shape index (κ3) is 4.00. The number of carboxylic acid groups (broad SMARTS) is 1. The van der Waals surface area contributed by atoms with Gasteiger partial charge in [0, 0.05) is 20.3 Å². The second-order valence-corrected chi connectivity index (χ2v) is 4.06. The molecule has 0 radical (unpaired) electrons. The van der Waals surface area contributed by atoms with Crippen molar-refractivity contribution in [2.24, 2.45) is 0 Å². The molecule has 0 saturated carbocycles. The third-order valence-electron chi connectivity index (χ3n) is 2.33. The number of aliphatic carboxylic acids is 1. The number of anilines is 1. The lowest BCUT2D eigenvalue weighted by Crippen LogP contribution is -2.31. The van der Waals surface area contributed by atoms with E-state index in [1.54, 1.807) is 26.2 Å². The first-order chi connectivity index (χ1) is 8.95. The van der Waals surface area contributed by atoms with Gasteiger partial charge in [0.15, 0.2) is 0 Å². The summed E-state index contributed by atoms with van der Waals surface area (Å²) in [5.74, 6) is 1.64. The van der Waals surface area contributed by atoms with Crippen molar-refractivity contribution in [2.75, 3.05) is 32.1 Å². The molecule has 19 heavy (non-hydrogen) atoms. The van der Waals surface area contributed by atoms with Gasteiger partial charge in [-0.25, -0.2) is 4.98 Å². The maximum atomic E-state index is 11.7. The van der Waals surface area contributed by atoms with E-state index in [0.717, 1.165) is 0 Å². The zero-order chi connectivity index (χ0) is 14.4. The van der Waals surface area contributed by atoms with Gasteiger partial charge in [0.1, 0.15) is 12.4 Å². The van der Waals surface area contributed by atoms with Crippen molar-refractivity contribution in [2.45, 2.75) is 0 Å². The molecule has 0 aliphatic heterocycles. The Kier molecular flexibility index (Phi) is 4.89. The van der Waals surface area contributed by atoms with E-state index in [9.17, 15) is 9.59 Å². The van der Waals surface area contributed by atoms with Crippen LogP contribution in [0.3, 0.4) is 0 Å². The van der Waals surface area contributed by atoms with Gasteiger partial charge in [0.2, 0.25) is 0 Å². The van der Waals surface area contributed by atoms with Crippen LogP contribution in [0.15, 0.2) is 18.3 Å². The number of terminal acetylenes is 1. The lowest BCUT2D eigenvalue weighted by molar-refractivity contribution is -0.135. The zero-order valence-corrected chi connectivity index (χ0v) is 10.8. The highest BCUT2D eigenvalue weighted by atomic mass is 16.4. The Labute approximate surface area is 111 Å². The van der Waals surface area contributed by atoms with Crippen LogP contribution >= 0.6 is 0 Å². The van der Waals surface area contributed by atoms with E-state index in [4.69, 9.17) is 11.5 Å². The number of pyridine rings is 1. The Morgan fingerprint density at radius 1 is 1.42 bits per heavy atom. The minimum atomic E-state index is -0.995. The molecule has 0 fully saturated rings. The Hall–Kier alpha value is -2.55. The van der Waals surface area contributed by atoms with Crippen molar-refractivity contribution >= 4 is 17.7 Å². The van der Waals surface area contributed by atoms with E-state index in [-0.39, 0.29) is 19.0 Å². The number of hydrogen-bond donors (Lipinski definition) is 1. The van der Waals surface area contributed by atoms with Gasteiger partial charge in [-0.15, -0.1) is 6.42 Å². The first kappa shape index (κ1) is 14.5. The number of hydrogen-bond acceptors (Lipinski definition) is 4. The van der Waals surface area contributed by atoms with Gasteiger partial charge < -0.3 is 14.9 Å². The number of carboxylic acids is 1. The Balaban J connectivity index is 2.92. The predicted octanol–water partition coefficient (Wildman–Crippen LogP) is 0.308. The number of rotatable bonds is 5. The molecule has 1 aromatic heterocycles. The first-order valence-electron chi connectivity index (χ1n) is 5.53. The number of carbonyl (C=O) groups is 2. The summed E-state index contributed by atoms with van der Waals surface area (Å²) in [4.78, 5) is 29.3. The van der Waals surface area contributed by atoms with Crippen molar-refractivity contribution in [1.29, 1.82) is 0 Å². The van der Waals surface area contributed by atoms with Crippen LogP contribution in [0.1, 0.15) is 10.4 Å². The van der Waals surface area contributed by atoms with E-state index in [2.05, 4.69) is 10.9 Å². The van der Waals surface area contributed by atoms with E-state index < -0.39 is 5.97 Å². The highest BCUT2D eigenvalue weighted by molar-refractivity contribution is 5.93. The molecule has 6 heteroatoms. The molecule has 0 unspecified atom stereocenters. The van der Waals surface area contributed by atoms with Gasteiger partial charge in [0.25, 0.3) is 5.91 Å². The minimum absolute atomic E-state index is 0.139. The molecule has 6 nitrogen and oxygen atoms in total. The van der Waals surface area contributed by atoms with Crippen LogP contribution < -0.4 is 4.90 Å². The summed E-state index contributed by atoms with van der Waals surface area (Å²) in [6, 6.07) is 3.17. The number of aromatic nitrogens is 1. The standard InChI is InChI=1S/C13H15N3O3/c1-4-7-16(9-12(17)18)11-6-5-10(8-14-11)13(19)15(2)3/h1,5-6,8H,7,9H2,2-3H3,(H,17,18). The molecule has 0 aliphatic rings. The zero-order valence-electron chi connectivity index (χ0n) is 10.8. The summed E-state index contributed by atoms with van der Waals surface area (Å²) in [6.45, 7) is -0.0988. The van der Waals surface area contributed by atoms with Crippen LogP contribution in [-0.2, 0) is 4.79 Å². The molecule has 0 aromatic carbocycles. The van der Waals surface area contributed by atoms with Crippen LogP contribution in [0.25, 0.3) is 0 Å². The van der Waals surface area contributed by atoms with Gasteiger partial charge in [-0.2, -0.15) is 0 Å². The lowest BCUT2D eigenvalue weighted by Gasteiger charge is -2.19. The van der Waals surface area contributed by atoms with Gasteiger partial charge >= 0.3 is 5.97 Å². The van der Waals surface area contributed by atoms with Gasteiger partial charge in [-0.3, -0.25) is 9.59 Å². The maximum absolute atomic E-state index is 11.7. The minimum Gasteiger partial charge on any atom is -0.480 e. The second kappa shape index (κ2) is 6.40. The summed E-state index contributed by atoms with van der Waals surface area (Å²) in [5, 5.41) is 8.79. The van der Waals surface area contributed by atoms with Crippen molar-refractivity contribution in [3.8, 4) is 12.3 Å². The van der Waals surface area contributed by atoms with Crippen LogP contribution in [0.2, 0.25) is 0 Å². The van der Waals surface area contributed by atoms with E-state index in [1.807, 2.05) is 0 Å². The monoisotopic (exact) mass is 261 g/mol. The molecule has 0 aliphatic carbocycles. The van der Waals surface area contributed by atoms with Gasteiger partial charge in [-0.05, 0) is 12.1 Å². The van der Waals surface area contributed by atoms with Gasteiger partial charge in [-0.1, -0.05) is 5.92 Å². The molecular weight excluding hydrogens is 246 g/mol. The lowest BCUT2D eigenvalue weighted by atomic mass is 10.2. The molecule has 100 valence electrons. The highest BCUT2D eigenvalue weighted by Gasteiger charge is 2.13. The van der Waals surface area contributed by atoms with E-state index >= 15 is 0 Å². The van der Waals surface area contributed by atoms with Crippen LogP contribution in [0, 0.1) is 12.3 Å². The molecule has 1 heterocycles. The van der Waals surface area contributed by atoms with Crippen LogP contribution in [0.5, 0.6) is 0 Å². The van der Waals surface area contributed by atoms with Crippen LogP contribution in [0.4, 0.5) is 5.82 Å². The van der Waals surface area contributed by atoms with E-state index in [0.29, 0.717) is 11.4 Å². The normalized spacial score (nSPS) is 9.53. The topological polar surface area (TPSA) is 73.7 Å². The summed E-state index contributed by atoms with van der Waals surface area (Å²) in [7, 11) is 3.29. The average Bonchev–Trinajstić information content (AvgIpc) is 2.37. The SMILES string of the molecule is C#CCN(CC(=O)O)c1ccc(C(=O)N(C)C)cn1. The number of carbonyl (C=O) groups excluding carboxylic acids is 1. The number of nitrogens with zero attached hydrogens (tertiary/aromatic N) is 3. The molecule has 0 bridgehead atoms. The van der Waals surface area contributed by atoms with Gasteiger partial charge in [0.05, 0.1) is 12.1 Å². The molecule has 1 aromatic rings. The van der Waals surface area contributed by atoms with Crippen molar-refractivity contribution in [1.82, 2.24) is 9.88 Å². The molecule has 0 saturated heterocycles. The van der Waals surface area contributed by atoms with Crippen molar-refractivity contribution in [3.05, 3.63) is 23.9 Å². The smallest absolute Gasteiger partial charge is 0.323 e. The summed E-state index contributed by atoms with van der Waals surface area (Å²) in [5.41, 5.74) is 0.435. The van der Waals surface area contributed by atoms with Crippen LogP contribution in [-0.4, -0.2) is 54.1 Å². The molecule has 1 N–H and O–H groups in total. The molecule has 0 atom stereocenters. The Bertz CT molecular complexity index is 503. The summed E-state index contributed by atoms with van der Waals surface area (Å²) < 4.78 is 0. The second-order valence-electron chi connectivity index (χ2n) is 4.06. The number of amides is 1. The quantitative estimate of drug-likeness (QED) is 0.772. The van der Waals surface area contributed by atoms with Crippen molar-refractivity contribution < 1.29 is 14.7 Å². The third-order valence-corrected chi connectivity index (χ3v) is 2.33. The maximum Gasteiger partial charge on any atom is 0.323 e. The van der Waals surface area contributed by atoms with Crippen molar-refractivity contribution in [3.63, 3.8) is 0 Å². The summed E-state index contributed by atoms with van der Waals surface area (Å²) >= 11 is 0. The fourth-order valence-corrected chi connectivity index (χ4v) is 1.45. The van der Waals surface area contributed by atoms with E-state index in [1.165, 1.54) is 16.0 Å². The molecule has 1 amide bonds. The predicted molar refractivity (Wildman–Crippen MR) is 70.9 cm³/mol.